The summed E-state index contributed by atoms with van der Waals surface area (Å²) >= 11 is 0. The summed E-state index contributed by atoms with van der Waals surface area (Å²) in [5.41, 5.74) is -1.08. The molecule has 0 saturated heterocycles. The van der Waals surface area contributed by atoms with Gasteiger partial charge in [-0.1, -0.05) is 6.92 Å². The number of hydrogen-bond donors (Lipinski definition) is 2. The van der Waals surface area contributed by atoms with E-state index in [0.29, 0.717) is 30.5 Å². The molecule has 1 atom stereocenters. The number of ether oxygens (including phenoxy) is 3. The van der Waals surface area contributed by atoms with Crippen LogP contribution in [0.2, 0.25) is 0 Å². The lowest BCUT2D eigenvalue weighted by Crippen LogP contribution is -2.51. The molecule has 0 spiro atoms. The van der Waals surface area contributed by atoms with Crippen LogP contribution < -0.4 is 19.5 Å². The molecule has 1 aromatic rings. The molecule has 22 heavy (non-hydrogen) atoms. The molecule has 0 radical (unpaired) electrons. The van der Waals surface area contributed by atoms with E-state index >= 15 is 0 Å². The molecule has 1 aromatic carbocycles. The van der Waals surface area contributed by atoms with Crippen molar-refractivity contribution >= 4 is 11.9 Å². The highest BCUT2D eigenvalue weighted by atomic mass is 16.6. The fourth-order valence-corrected chi connectivity index (χ4v) is 2.02. The first kappa shape index (κ1) is 15.9. The summed E-state index contributed by atoms with van der Waals surface area (Å²) in [6.07, 6.45) is 0.260. The maximum absolute atomic E-state index is 12.4. The van der Waals surface area contributed by atoms with Crippen LogP contribution in [0.25, 0.3) is 0 Å². The third kappa shape index (κ3) is 2.93. The number of methoxy groups -OCH3 is 1. The molecular formula is C15H19NO6. The quantitative estimate of drug-likeness (QED) is 0.855. The Morgan fingerprint density at radius 3 is 2.64 bits per heavy atom. The fraction of sp³-hybridized carbons (Fsp3) is 0.467. The summed E-state index contributed by atoms with van der Waals surface area (Å²) in [7, 11) is 1.46. The molecule has 1 amide bonds. The van der Waals surface area contributed by atoms with Crippen molar-refractivity contribution in [3.8, 4) is 17.2 Å². The molecule has 2 N–H and O–H groups in total. The second kappa shape index (κ2) is 6.13. The van der Waals surface area contributed by atoms with Gasteiger partial charge in [0.05, 0.1) is 7.11 Å². The van der Waals surface area contributed by atoms with E-state index in [-0.39, 0.29) is 12.0 Å². The zero-order valence-electron chi connectivity index (χ0n) is 12.8. The fourth-order valence-electron chi connectivity index (χ4n) is 2.02. The first-order chi connectivity index (χ1) is 10.4. The average molecular weight is 309 g/mol. The largest absolute Gasteiger partial charge is 0.493 e. The van der Waals surface area contributed by atoms with E-state index in [2.05, 4.69) is 5.32 Å². The van der Waals surface area contributed by atoms with E-state index in [4.69, 9.17) is 14.2 Å². The van der Waals surface area contributed by atoms with Gasteiger partial charge in [0.25, 0.3) is 5.91 Å². The van der Waals surface area contributed by atoms with Crippen LogP contribution in [-0.2, 0) is 4.79 Å². The number of aliphatic carboxylic acids is 1. The van der Waals surface area contributed by atoms with Gasteiger partial charge in [-0.3, -0.25) is 4.79 Å². The van der Waals surface area contributed by atoms with Crippen LogP contribution in [0.4, 0.5) is 0 Å². The number of amides is 1. The Morgan fingerprint density at radius 1 is 1.36 bits per heavy atom. The van der Waals surface area contributed by atoms with Gasteiger partial charge in [0.2, 0.25) is 5.75 Å². The van der Waals surface area contributed by atoms with Crippen molar-refractivity contribution in [1.82, 2.24) is 5.32 Å². The van der Waals surface area contributed by atoms with Crippen molar-refractivity contribution in [2.24, 2.45) is 0 Å². The number of rotatable bonds is 5. The van der Waals surface area contributed by atoms with Crippen LogP contribution in [0.15, 0.2) is 12.1 Å². The van der Waals surface area contributed by atoms with Gasteiger partial charge in [0.1, 0.15) is 18.8 Å². The summed E-state index contributed by atoms with van der Waals surface area (Å²) in [6, 6.07) is 3.02. The Kier molecular flexibility index (Phi) is 4.44. The van der Waals surface area contributed by atoms with Crippen LogP contribution >= 0.6 is 0 Å². The molecule has 1 heterocycles. The molecule has 1 aliphatic rings. The number of benzene rings is 1. The van der Waals surface area contributed by atoms with E-state index < -0.39 is 17.4 Å². The Morgan fingerprint density at radius 2 is 2.05 bits per heavy atom. The zero-order chi connectivity index (χ0) is 16.3. The van der Waals surface area contributed by atoms with E-state index in [1.165, 1.54) is 26.2 Å². The predicted molar refractivity (Wildman–Crippen MR) is 77.8 cm³/mol. The second-order valence-corrected chi connectivity index (χ2v) is 5.15. The molecular weight excluding hydrogens is 290 g/mol. The number of carbonyl (C=O) groups excluding carboxylic acids is 1. The van der Waals surface area contributed by atoms with E-state index in [1.54, 1.807) is 6.92 Å². The normalized spacial score (nSPS) is 15.6. The van der Waals surface area contributed by atoms with Crippen LogP contribution in [0.5, 0.6) is 17.2 Å². The van der Waals surface area contributed by atoms with Gasteiger partial charge in [-0.25, -0.2) is 4.79 Å². The maximum Gasteiger partial charge on any atom is 0.329 e. The minimum absolute atomic E-state index is 0.252. The van der Waals surface area contributed by atoms with Crippen molar-refractivity contribution in [3.05, 3.63) is 17.7 Å². The summed E-state index contributed by atoms with van der Waals surface area (Å²) in [5.74, 6) is -0.378. The van der Waals surface area contributed by atoms with Crippen LogP contribution in [-0.4, -0.2) is 42.8 Å². The minimum Gasteiger partial charge on any atom is -0.493 e. The smallest absolute Gasteiger partial charge is 0.329 e. The lowest BCUT2D eigenvalue weighted by Gasteiger charge is -2.25. The molecule has 0 aromatic heterocycles. The third-order valence-corrected chi connectivity index (χ3v) is 3.66. The monoisotopic (exact) mass is 309 g/mol. The maximum atomic E-state index is 12.4. The molecule has 0 bridgehead atoms. The molecule has 2 rings (SSSR count). The predicted octanol–water partition coefficient (Wildman–Crippen LogP) is 1.45. The summed E-state index contributed by atoms with van der Waals surface area (Å²) < 4.78 is 16.1. The van der Waals surface area contributed by atoms with E-state index in [0.717, 1.165) is 0 Å². The summed E-state index contributed by atoms with van der Waals surface area (Å²) in [4.78, 5) is 23.6. The third-order valence-electron chi connectivity index (χ3n) is 3.66. The summed E-state index contributed by atoms with van der Waals surface area (Å²) in [6.45, 7) is 3.94. The topological polar surface area (TPSA) is 94.1 Å². The van der Waals surface area contributed by atoms with Crippen molar-refractivity contribution in [1.29, 1.82) is 0 Å². The molecule has 0 aliphatic carbocycles. The molecule has 0 fully saturated rings. The van der Waals surface area contributed by atoms with E-state index in [1.807, 2.05) is 0 Å². The SMILES string of the molecule is CCC(C)(NC(=O)c1cc(OC)c2c(c1)OCCO2)C(=O)O. The average Bonchev–Trinajstić information content (AvgIpc) is 2.53. The van der Waals surface area contributed by atoms with Crippen molar-refractivity contribution in [3.63, 3.8) is 0 Å². The van der Waals surface area contributed by atoms with Crippen LogP contribution in [0.3, 0.4) is 0 Å². The molecule has 7 heteroatoms. The van der Waals surface area contributed by atoms with Crippen molar-refractivity contribution < 1.29 is 28.9 Å². The molecule has 1 unspecified atom stereocenters. The highest BCUT2D eigenvalue weighted by Crippen LogP contribution is 2.40. The lowest BCUT2D eigenvalue weighted by atomic mass is 9.98. The number of hydrogen-bond acceptors (Lipinski definition) is 5. The lowest BCUT2D eigenvalue weighted by molar-refractivity contribution is -0.143. The number of carboxylic acid groups (broad SMARTS) is 1. The van der Waals surface area contributed by atoms with Gasteiger partial charge in [0.15, 0.2) is 11.5 Å². The zero-order valence-corrected chi connectivity index (χ0v) is 12.8. The Hall–Kier alpha value is -2.44. The second-order valence-electron chi connectivity index (χ2n) is 5.15. The number of carboxylic acids is 1. The Labute approximate surface area is 128 Å². The highest BCUT2D eigenvalue weighted by molar-refractivity contribution is 5.98. The van der Waals surface area contributed by atoms with Gasteiger partial charge in [0, 0.05) is 5.56 Å². The van der Waals surface area contributed by atoms with E-state index in [9.17, 15) is 14.7 Å². The van der Waals surface area contributed by atoms with Gasteiger partial charge in [-0.15, -0.1) is 0 Å². The minimum atomic E-state index is -1.34. The Bertz CT molecular complexity index is 583. The van der Waals surface area contributed by atoms with Gasteiger partial charge in [-0.05, 0) is 25.5 Å². The van der Waals surface area contributed by atoms with Gasteiger partial charge in [-0.2, -0.15) is 0 Å². The molecule has 7 nitrogen and oxygen atoms in total. The number of carbonyl (C=O) groups is 2. The van der Waals surface area contributed by atoms with Crippen LogP contribution in [0.1, 0.15) is 30.6 Å². The van der Waals surface area contributed by atoms with Crippen LogP contribution in [0, 0.1) is 0 Å². The Balaban J connectivity index is 2.32. The standard InChI is InChI=1S/C15H19NO6/c1-4-15(2,14(18)19)16-13(17)9-7-10(20-3)12-11(8-9)21-5-6-22-12/h7-8H,4-6H2,1-3H3,(H,16,17)(H,18,19). The summed E-state index contributed by atoms with van der Waals surface area (Å²) in [5, 5.41) is 11.8. The number of fused-ring (bicyclic) bond motifs is 1. The van der Waals surface area contributed by atoms with Gasteiger partial charge >= 0.3 is 5.97 Å². The molecule has 0 saturated carbocycles. The van der Waals surface area contributed by atoms with Crippen molar-refractivity contribution in [2.45, 2.75) is 25.8 Å². The van der Waals surface area contributed by atoms with Crippen molar-refractivity contribution in [2.75, 3.05) is 20.3 Å². The number of nitrogens with one attached hydrogen (secondary N) is 1. The van der Waals surface area contributed by atoms with Gasteiger partial charge < -0.3 is 24.6 Å². The highest BCUT2D eigenvalue weighted by Gasteiger charge is 2.33. The molecule has 120 valence electrons. The molecule has 1 aliphatic heterocycles. The first-order valence-electron chi connectivity index (χ1n) is 6.95. The first-order valence-corrected chi connectivity index (χ1v) is 6.95.